The summed E-state index contributed by atoms with van der Waals surface area (Å²) in [5.74, 6) is 0.286. The number of benzene rings is 3. The lowest BCUT2D eigenvalue weighted by Gasteiger charge is -2.18. The van der Waals surface area contributed by atoms with E-state index in [9.17, 15) is 4.79 Å². The number of ketones is 1. The Morgan fingerprint density at radius 3 is 2.48 bits per heavy atom. The van der Waals surface area contributed by atoms with Crippen LogP contribution in [0.2, 0.25) is 0 Å². The van der Waals surface area contributed by atoms with Gasteiger partial charge >= 0.3 is 0 Å². The molecule has 1 aliphatic heterocycles. The smallest absolute Gasteiger partial charge is 0.162 e. The summed E-state index contributed by atoms with van der Waals surface area (Å²) in [5.41, 5.74) is 3.31. The predicted molar refractivity (Wildman–Crippen MR) is 121 cm³/mol. The summed E-state index contributed by atoms with van der Waals surface area (Å²) in [7, 11) is 0. The van der Waals surface area contributed by atoms with Crippen LogP contribution in [-0.4, -0.2) is 17.5 Å². The average Bonchev–Trinajstić information content (AvgIpc) is 3.44. The van der Waals surface area contributed by atoms with Crippen LogP contribution in [0.3, 0.4) is 0 Å². The first-order chi connectivity index (χ1) is 14.3. The molecule has 0 amide bonds. The van der Waals surface area contributed by atoms with Gasteiger partial charge in [0.05, 0.1) is 5.71 Å². The van der Waals surface area contributed by atoms with Crippen molar-refractivity contribution in [2.75, 3.05) is 0 Å². The predicted octanol–water partition coefficient (Wildman–Crippen LogP) is 6.06. The molecule has 0 fully saturated rings. The lowest BCUT2D eigenvalue weighted by atomic mass is 9.85. The molecule has 2 unspecified atom stereocenters. The van der Waals surface area contributed by atoms with Crippen LogP contribution in [0, 0.1) is 0 Å². The van der Waals surface area contributed by atoms with Crippen LogP contribution in [0.4, 0.5) is 0 Å². The molecule has 1 aliphatic rings. The first kappa shape index (κ1) is 18.0. The van der Waals surface area contributed by atoms with Crippen molar-refractivity contribution in [3.05, 3.63) is 106 Å². The maximum absolute atomic E-state index is 13.3. The third-order valence-electron chi connectivity index (χ3n) is 5.65. The fraction of sp³-hybridized carbons (Fsp3) is 0.154. The molecule has 2 atom stereocenters. The number of fused-ring (bicyclic) bond motifs is 1. The highest BCUT2D eigenvalue weighted by Crippen LogP contribution is 2.36. The molecule has 0 radical (unpaired) electrons. The van der Waals surface area contributed by atoms with Gasteiger partial charge in [0, 0.05) is 23.6 Å². The second kappa shape index (κ2) is 7.76. The Balaban J connectivity index is 1.50. The molecule has 0 saturated carbocycles. The molecule has 0 aliphatic carbocycles. The van der Waals surface area contributed by atoms with E-state index >= 15 is 0 Å². The van der Waals surface area contributed by atoms with E-state index in [4.69, 9.17) is 4.99 Å². The SMILES string of the molecule is O=C(Cc1ccccc1)C1N=C(c2cccs2)CC1c1ccc2ccccc2c1. The normalized spacial score (nSPS) is 18.7. The minimum Gasteiger partial charge on any atom is -0.297 e. The lowest BCUT2D eigenvalue weighted by Crippen LogP contribution is -2.25. The van der Waals surface area contributed by atoms with Crippen LogP contribution in [0.1, 0.15) is 28.3 Å². The third kappa shape index (κ3) is 3.66. The van der Waals surface area contributed by atoms with Crippen LogP contribution in [-0.2, 0) is 11.2 Å². The van der Waals surface area contributed by atoms with Crippen molar-refractivity contribution in [2.45, 2.75) is 24.8 Å². The second-order valence-corrected chi connectivity index (χ2v) is 8.49. The Hall–Kier alpha value is -3.04. The fourth-order valence-corrected chi connectivity index (χ4v) is 4.91. The summed E-state index contributed by atoms with van der Waals surface area (Å²) < 4.78 is 0. The Bertz CT molecular complexity index is 1180. The summed E-state index contributed by atoms with van der Waals surface area (Å²) in [6.45, 7) is 0. The Kier molecular flexibility index (Phi) is 4.82. The van der Waals surface area contributed by atoms with E-state index in [2.05, 4.69) is 53.9 Å². The minimum atomic E-state index is -0.325. The first-order valence-electron chi connectivity index (χ1n) is 9.94. The van der Waals surface area contributed by atoms with Gasteiger partial charge in [-0.15, -0.1) is 11.3 Å². The van der Waals surface area contributed by atoms with Gasteiger partial charge in [-0.3, -0.25) is 9.79 Å². The molecule has 1 aromatic heterocycles. The van der Waals surface area contributed by atoms with Crippen LogP contribution in [0.5, 0.6) is 0 Å². The number of thiophene rings is 1. The summed E-state index contributed by atoms with van der Waals surface area (Å²) >= 11 is 1.70. The second-order valence-electron chi connectivity index (χ2n) is 7.54. The zero-order valence-corrected chi connectivity index (χ0v) is 16.8. The standard InChI is InChI=1S/C26H21NOS/c28-24(15-18-7-2-1-3-8-18)26-22(17-23(27-26)25-11-6-14-29-25)21-13-12-19-9-4-5-10-20(19)16-21/h1-14,16,22,26H,15,17H2. The van der Waals surface area contributed by atoms with Crippen molar-refractivity contribution in [1.82, 2.24) is 0 Å². The van der Waals surface area contributed by atoms with Crippen molar-refractivity contribution in [3.8, 4) is 0 Å². The summed E-state index contributed by atoms with van der Waals surface area (Å²) in [4.78, 5) is 19.4. The highest BCUT2D eigenvalue weighted by Gasteiger charge is 2.36. The number of carbonyl (C=O) groups is 1. The van der Waals surface area contributed by atoms with Crippen LogP contribution >= 0.6 is 11.3 Å². The molecule has 5 rings (SSSR count). The van der Waals surface area contributed by atoms with Crippen molar-refractivity contribution in [1.29, 1.82) is 0 Å². The molecule has 2 nitrogen and oxygen atoms in total. The number of hydrogen-bond acceptors (Lipinski definition) is 3. The first-order valence-corrected chi connectivity index (χ1v) is 10.8. The van der Waals surface area contributed by atoms with E-state index in [1.54, 1.807) is 11.3 Å². The molecule has 2 heterocycles. The van der Waals surface area contributed by atoms with Gasteiger partial charge in [-0.25, -0.2) is 0 Å². The van der Waals surface area contributed by atoms with Gasteiger partial charge in [-0.05, 0) is 33.3 Å². The molecule has 0 spiro atoms. The Labute approximate surface area is 174 Å². The fourth-order valence-electron chi connectivity index (χ4n) is 4.17. The molecular weight excluding hydrogens is 374 g/mol. The van der Waals surface area contributed by atoms with E-state index < -0.39 is 0 Å². The van der Waals surface area contributed by atoms with Crippen molar-refractivity contribution < 1.29 is 4.79 Å². The van der Waals surface area contributed by atoms with Gasteiger partial charge in [-0.1, -0.05) is 78.9 Å². The van der Waals surface area contributed by atoms with Crippen LogP contribution < -0.4 is 0 Å². The van der Waals surface area contributed by atoms with E-state index in [1.807, 2.05) is 36.4 Å². The van der Waals surface area contributed by atoms with Gasteiger partial charge in [0.2, 0.25) is 0 Å². The molecule has 0 N–H and O–H groups in total. The maximum atomic E-state index is 13.3. The van der Waals surface area contributed by atoms with E-state index in [1.165, 1.54) is 21.2 Å². The van der Waals surface area contributed by atoms with Crippen molar-refractivity contribution >= 4 is 33.6 Å². The lowest BCUT2D eigenvalue weighted by molar-refractivity contribution is -0.119. The summed E-state index contributed by atoms with van der Waals surface area (Å²) in [6, 6.07) is 28.7. The molecule has 29 heavy (non-hydrogen) atoms. The zero-order chi connectivity index (χ0) is 19.6. The van der Waals surface area contributed by atoms with Crippen molar-refractivity contribution in [3.63, 3.8) is 0 Å². The zero-order valence-electron chi connectivity index (χ0n) is 16.0. The van der Waals surface area contributed by atoms with Gasteiger partial charge in [0.25, 0.3) is 0 Å². The highest BCUT2D eigenvalue weighted by molar-refractivity contribution is 7.12. The van der Waals surface area contributed by atoms with Crippen molar-refractivity contribution in [2.24, 2.45) is 4.99 Å². The van der Waals surface area contributed by atoms with Gasteiger partial charge in [-0.2, -0.15) is 0 Å². The Morgan fingerprint density at radius 2 is 1.69 bits per heavy atom. The number of carbonyl (C=O) groups excluding carboxylic acids is 1. The van der Waals surface area contributed by atoms with Gasteiger partial charge in [0.1, 0.15) is 6.04 Å². The maximum Gasteiger partial charge on any atom is 0.162 e. The monoisotopic (exact) mass is 395 g/mol. The number of rotatable bonds is 5. The number of nitrogens with zero attached hydrogens (tertiary/aromatic N) is 1. The van der Waals surface area contributed by atoms with E-state index in [0.29, 0.717) is 6.42 Å². The quantitative estimate of drug-likeness (QED) is 0.404. The third-order valence-corrected chi connectivity index (χ3v) is 6.57. The minimum absolute atomic E-state index is 0.0907. The molecule has 4 aromatic rings. The molecule has 142 valence electrons. The number of Topliss-reactive ketones (excluding diaryl/α,β-unsaturated/α-hetero) is 1. The largest absolute Gasteiger partial charge is 0.297 e. The van der Waals surface area contributed by atoms with Crippen LogP contribution in [0.15, 0.2) is 95.3 Å². The number of hydrogen-bond donors (Lipinski definition) is 0. The van der Waals surface area contributed by atoms with Crippen LogP contribution in [0.25, 0.3) is 10.8 Å². The summed E-state index contributed by atoms with van der Waals surface area (Å²) in [6.07, 6.45) is 1.24. The van der Waals surface area contributed by atoms with E-state index in [-0.39, 0.29) is 17.7 Å². The molecule has 0 saturated heterocycles. The average molecular weight is 396 g/mol. The number of aliphatic imine (C=N–C) groups is 1. The molecule has 3 aromatic carbocycles. The van der Waals surface area contributed by atoms with Gasteiger partial charge in [0.15, 0.2) is 5.78 Å². The summed E-state index contributed by atoms with van der Waals surface area (Å²) in [5, 5.41) is 4.51. The van der Waals surface area contributed by atoms with Gasteiger partial charge < -0.3 is 0 Å². The topological polar surface area (TPSA) is 29.4 Å². The molecular formula is C26H21NOS. The highest BCUT2D eigenvalue weighted by atomic mass is 32.1. The Morgan fingerprint density at radius 1 is 0.897 bits per heavy atom. The molecule has 3 heteroatoms. The van der Waals surface area contributed by atoms with E-state index in [0.717, 1.165) is 17.7 Å². The molecule has 0 bridgehead atoms.